The number of benzene rings is 1. The molecule has 3 nitrogen and oxygen atoms in total. The number of amides is 1. The number of ether oxygens (including phenoxy) is 1. The Morgan fingerprint density at radius 1 is 1.22 bits per heavy atom. The summed E-state index contributed by atoms with van der Waals surface area (Å²) < 4.78 is 5.74. The van der Waals surface area contributed by atoms with Crippen LogP contribution in [0.4, 0.5) is 0 Å². The lowest BCUT2D eigenvalue weighted by Gasteiger charge is -2.32. The molecule has 1 aromatic rings. The van der Waals surface area contributed by atoms with Gasteiger partial charge in [-0.2, -0.15) is 0 Å². The Morgan fingerprint density at radius 2 is 1.83 bits per heavy atom. The number of likely N-dealkylation sites (tertiary alicyclic amines) is 1. The van der Waals surface area contributed by atoms with E-state index in [1.165, 1.54) is 0 Å². The van der Waals surface area contributed by atoms with Crippen LogP contribution in [0.2, 0.25) is 0 Å². The Kier molecular flexibility index (Phi) is 3.31. The van der Waals surface area contributed by atoms with Gasteiger partial charge in [-0.1, -0.05) is 12.1 Å². The van der Waals surface area contributed by atoms with Crippen LogP contribution in [-0.2, 0) is 16.0 Å². The highest BCUT2D eigenvalue weighted by atomic mass is 32.1. The van der Waals surface area contributed by atoms with Crippen molar-refractivity contribution in [2.24, 2.45) is 0 Å². The Morgan fingerprint density at radius 3 is 2.44 bits per heavy atom. The highest BCUT2D eigenvalue weighted by Gasteiger charge is 2.35. The van der Waals surface area contributed by atoms with Gasteiger partial charge < -0.3 is 9.64 Å². The first-order chi connectivity index (χ1) is 8.70. The van der Waals surface area contributed by atoms with E-state index in [0.29, 0.717) is 6.42 Å². The van der Waals surface area contributed by atoms with Crippen molar-refractivity contribution in [3.05, 3.63) is 29.8 Å². The molecule has 0 N–H and O–H groups in total. The second-order valence-corrected chi connectivity index (χ2v) is 5.62. The minimum atomic E-state index is 0.210. The van der Waals surface area contributed by atoms with Gasteiger partial charge in [0.15, 0.2) is 0 Å². The standard InChI is InChI=1S/C14H17NO2S/c16-14(7-10-1-5-13(18)6-2-10)15-8-11-3-4-12(9-15)17-11/h1-2,5-6,11-12,18H,3-4,7-9H2. The minimum Gasteiger partial charge on any atom is -0.371 e. The van der Waals surface area contributed by atoms with E-state index in [9.17, 15) is 4.79 Å². The second-order valence-electron chi connectivity index (χ2n) is 5.10. The van der Waals surface area contributed by atoms with E-state index in [1.54, 1.807) is 0 Å². The molecule has 18 heavy (non-hydrogen) atoms. The summed E-state index contributed by atoms with van der Waals surface area (Å²) in [6.07, 6.45) is 3.22. The van der Waals surface area contributed by atoms with Crippen LogP contribution in [0.3, 0.4) is 0 Å². The maximum absolute atomic E-state index is 12.2. The summed E-state index contributed by atoms with van der Waals surface area (Å²) in [7, 11) is 0. The molecule has 2 aliphatic rings. The summed E-state index contributed by atoms with van der Waals surface area (Å²) in [4.78, 5) is 15.1. The lowest BCUT2D eigenvalue weighted by molar-refractivity contribution is -0.139. The van der Waals surface area contributed by atoms with Crippen LogP contribution < -0.4 is 0 Å². The number of hydrogen-bond acceptors (Lipinski definition) is 3. The fourth-order valence-corrected chi connectivity index (χ4v) is 2.87. The van der Waals surface area contributed by atoms with Crippen LogP contribution in [0.5, 0.6) is 0 Å². The molecule has 2 aliphatic heterocycles. The number of carbonyl (C=O) groups excluding carboxylic acids is 1. The third-order valence-electron chi connectivity index (χ3n) is 3.69. The van der Waals surface area contributed by atoms with Gasteiger partial charge in [0.25, 0.3) is 0 Å². The van der Waals surface area contributed by atoms with Crippen molar-refractivity contribution in [1.82, 2.24) is 4.90 Å². The van der Waals surface area contributed by atoms with Crippen LogP contribution in [0, 0.1) is 0 Å². The van der Waals surface area contributed by atoms with Gasteiger partial charge in [-0.05, 0) is 30.5 Å². The van der Waals surface area contributed by atoms with Gasteiger partial charge in [-0.3, -0.25) is 4.79 Å². The molecule has 2 saturated heterocycles. The van der Waals surface area contributed by atoms with Crippen molar-refractivity contribution >= 4 is 18.5 Å². The van der Waals surface area contributed by atoms with Gasteiger partial charge in [0.1, 0.15) is 0 Å². The van der Waals surface area contributed by atoms with E-state index in [0.717, 1.165) is 36.4 Å². The van der Waals surface area contributed by atoms with Gasteiger partial charge in [0.2, 0.25) is 5.91 Å². The third kappa shape index (κ3) is 2.54. The average molecular weight is 263 g/mol. The summed E-state index contributed by atoms with van der Waals surface area (Å²) in [6.45, 7) is 1.53. The monoisotopic (exact) mass is 263 g/mol. The topological polar surface area (TPSA) is 29.5 Å². The highest BCUT2D eigenvalue weighted by Crippen LogP contribution is 2.26. The quantitative estimate of drug-likeness (QED) is 0.826. The zero-order valence-corrected chi connectivity index (χ0v) is 11.1. The molecular weight excluding hydrogens is 246 g/mol. The van der Waals surface area contributed by atoms with Gasteiger partial charge >= 0.3 is 0 Å². The Hall–Kier alpha value is -1.00. The van der Waals surface area contributed by atoms with Crippen LogP contribution in [0.25, 0.3) is 0 Å². The molecule has 0 saturated carbocycles. The van der Waals surface area contributed by atoms with Gasteiger partial charge in [-0.25, -0.2) is 0 Å². The van der Waals surface area contributed by atoms with E-state index >= 15 is 0 Å². The van der Waals surface area contributed by atoms with Crippen molar-refractivity contribution in [3.8, 4) is 0 Å². The Balaban J connectivity index is 1.63. The number of fused-ring (bicyclic) bond motifs is 2. The zero-order chi connectivity index (χ0) is 12.5. The Labute approximate surface area is 113 Å². The van der Waals surface area contributed by atoms with E-state index < -0.39 is 0 Å². The number of hydrogen-bond donors (Lipinski definition) is 1. The van der Waals surface area contributed by atoms with Crippen LogP contribution in [-0.4, -0.2) is 36.1 Å². The van der Waals surface area contributed by atoms with E-state index in [-0.39, 0.29) is 18.1 Å². The number of rotatable bonds is 2. The summed E-state index contributed by atoms with van der Waals surface area (Å²) in [6, 6.07) is 7.79. The Bertz CT molecular complexity index is 434. The first-order valence-electron chi connectivity index (χ1n) is 6.42. The molecular formula is C14H17NO2S. The number of carbonyl (C=O) groups is 1. The van der Waals surface area contributed by atoms with Crippen molar-refractivity contribution in [2.75, 3.05) is 13.1 Å². The van der Waals surface area contributed by atoms with Crippen molar-refractivity contribution in [3.63, 3.8) is 0 Å². The fourth-order valence-electron chi connectivity index (χ4n) is 2.72. The van der Waals surface area contributed by atoms with Gasteiger partial charge in [0.05, 0.1) is 18.6 Å². The molecule has 0 spiro atoms. The molecule has 1 amide bonds. The highest BCUT2D eigenvalue weighted by molar-refractivity contribution is 7.80. The molecule has 2 atom stereocenters. The number of morpholine rings is 1. The number of thiol groups is 1. The maximum Gasteiger partial charge on any atom is 0.227 e. The first kappa shape index (κ1) is 12.1. The summed E-state index contributed by atoms with van der Waals surface area (Å²) in [5.74, 6) is 0.210. The largest absolute Gasteiger partial charge is 0.371 e. The summed E-state index contributed by atoms with van der Waals surface area (Å²) >= 11 is 4.24. The second kappa shape index (κ2) is 4.94. The molecule has 2 unspecified atom stereocenters. The third-order valence-corrected chi connectivity index (χ3v) is 3.99. The lowest BCUT2D eigenvalue weighted by Crippen LogP contribution is -2.46. The predicted molar refractivity (Wildman–Crippen MR) is 71.9 cm³/mol. The molecule has 1 aromatic carbocycles. The van der Waals surface area contributed by atoms with Crippen LogP contribution in [0.1, 0.15) is 18.4 Å². The molecule has 3 rings (SSSR count). The SMILES string of the molecule is O=C(Cc1ccc(S)cc1)N1CC2CCC(C1)O2. The van der Waals surface area contributed by atoms with E-state index in [1.807, 2.05) is 29.2 Å². The molecule has 2 heterocycles. The van der Waals surface area contributed by atoms with Gasteiger partial charge in [-0.15, -0.1) is 12.6 Å². The normalized spacial score (nSPS) is 26.4. The summed E-state index contributed by atoms with van der Waals surface area (Å²) in [5.41, 5.74) is 1.05. The minimum absolute atomic E-state index is 0.210. The zero-order valence-electron chi connectivity index (χ0n) is 10.2. The molecule has 2 bridgehead atoms. The van der Waals surface area contributed by atoms with E-state index in [4.69, 9.17) is 4.74 Å². The maximum atomic E-state index is 12.2. The van der Waals surface area contributed by atoms with Crippen molar-refractivity contribution < 1.29 is 9.53 Å². The van der Waals surface area contributed by atoms with Gasteiger partial charge in [0, 0.05) is 18.0 Å². The molecule has 0 aliphatic carbocycles. The molecule has 0 aromatic heterocycles. The molecule has 2 fully saturated rings. The fraction of sp³-hybridized carbons (Fsp3) is 0.500. The predicted octanol–water partition coefficient (Wildman–Crippen LogP) is 1.91. The lowest BCUT2D eigenvalue weighted by atomic mass is 10.1. The molecule has 4 heteroatoms. The van der Waals surface area contributed by atoms with Crippen LogP contribution >= 0.6 is 12.6 Å². The average Bonchev–Trinajstić information content (AvgIpc) is 2.71. The summed E-state index contributed by atoms with van der Waals surface area (Å²) in [5, 5.41) is 0. The molecule has 96 valence electrons. The first-order valence-corrected chi connectivity index (χ1v) is 6.86. The van der Waals surface area contributed by atoms with E-state index in [2.05, 4.69) is 12.6 Å². The molecule has 0 radical (unpaired) electrons. The van der Waals surface area contributed by atoms with Crippen LogP contribution in [0.15, 0.2) is 29.2 Å². The number of nitrogens with zero attached hydrogens (tertiary/aromatic N) is 1. The van der Waals surface area contributed by atoms with Crippen molar-refractivity contribution in [2.45, 2.75) is 36.4 Å². The van der Waals surface area contributed by atoms with Crippen molar-refractivity contribution in [1.29, 1.82) is 0 Å². The smallest absolute Gasteiger partial charge is 0.227 e.